The lowest BCUT2D eigenvalue weighted by Gasteiger charge is -2.13. The second-order valence-corrected chi connectivity index (χ2v) is 7.86. The summed E-state index contributed by atoms with van der Waals surface area (Å²) in [4.78, 5) is 12.0. The standard InChI is InChI=1S/C12H12BrClO5S/c1-7-10(12(15)19-9-2-3-18-6-9)4-8(13)5-11(7)20(14,16)17/h4-5,9H,2-3,6H2,1H3. The largest absolute Gasteiger partial charge is 0.456 e. The molecular weight excluding hydrogens is 372 g/mol. The maximum absolute atomic E-state index is 12.1. The van der Waals surface area contributed by atoms with Crippen LogP contribution in [0.5, 0.6) is 0 Å². The number of hydrogen-bond acceptors (Lipinski definition) is 5. The van der Waals surface area contributed by atoms with Crippen molar-refractivity contribution in [3.63, 3.8) is 0 Å². The van der Waals surface area contributed by atoms with Crippen LogP contribution in [-0.2, 0) is 18.5 Å². The number of rotatable bonds is 3. The zero-order valence-corrected chi connectivity index (χ0v) is 13.7. The van der Waals surface area contributed by atoms with Crippen LogP contribution in [0, 0.1) is 6.92 Å². The van der Waals surface area contributed by atoms with Gasteiger partial charge in [0.15, 0.2) is 0 Å². The van der Waals surface area contributed by atoms with Gasteiger partial charge in [-0.25, -0.2) is 13.2 Å². The maximum Gasteiger partial charge on any atom is 0.338 e. The zero-order valence-electron chi connectivity index (χ0n) is 10.6. The van der Waals surface area contributed by atoms with E-state index in [-0.39, 0.29) is 22.1 Å². The molecule has 0 aliphatic carbocycles. The lowest BCUT2D eigenvalue weighted by atomic mass is 10.1. The Morgan fingerprint density at radius 1 is 1.50 bits per heavy atom. The lowest BCUT2D eigenvalue weighted by molar-refractivity contribution is 0.0269. The first-order valence-electron chi connectivity index (χ1n) is 5.82. The summed E-state index contributed by atoms with van der Waals surface area (Å²) in [7, 11) is 1.43. The molecule has 1 aromatic carbocycles. The van der Waals surface area contributed by atoms with Gasteiger partial charge in [0.25, 0.3) is 9.05 Å². The number of benzene rings is 1. The summed E-state index contributed by atoms with van der Waals surface area (Å²) in [5.41, 5.74) is 0.442. The maximum atomic E-state index is 12.1. The smallest absolute Gasteiger partial charge is 0.338 e. The third kappa shape index (κ3) is 3.52. The monoisotopic (exact) mass is 382 g/mol. The average Bonchev–Trinajstić information content (AvgIpc) is 2.83. The van der Waals surface area contributed by atoms with Crippen molar-refractivity contribution in [1.82, 2.24) is 0 Å². The van der Waals surface area contributed by atoms with E-state index in [4.69, 9.17) is 20.2 Å². The quantitative estimate of drug-likeness (QED) is 0.593. The van der Waals surface area contributed by atoms with Crippen LogP contribution in [0.3, 0.4) is 0 Å². The van der Waals surface area contributed by atoms with Gasteiger partial charge in [-0.1, -0.05) is 15.9 Å². The summed E-state index contributed by atoms with van der Waals surface area (Å²) in [5, 5.41) is 0. The predicted molar refractivity (Wildman–Crippen MR) is 76.6 cm³/mol. The first-order chi connectivity index (χ1) is 9.29. The van der Waals surface area contributed by atoms with Gasteiger partial charge in [-0.2, -0.15) is 0 Å². The molecule has 1 fully saturated rings. The molecule has 1 aliphatic rings. The van der Waals surface area contributed by atoms with Gasteiger partial charge >= 0.3 is 5.97 Å². The van der Waals surface area contributed by atoms with E-state index in [1.54, 1.807) is 0 Å². The molecule has 1 unspecified atom stereocenters. The van der Waals surface area contributed by atoms with Crippen LogP contribution in [0.15, 0.2) is 21.5 Å². The fourth-order valence-corrected chi connectivity index (χ4v) is 3.77. The Balaban J connectivity index is 2.36. The Morgan fingerprint density at radius 3 is 2.75 bits per heavy atom. The highest BCUT2D eigenvalue weighted by molar-refractivity contribution is 9.10. The van der Waals surface area contributed by atoms with Crippen molar-refractivity contribution in [2.75, 3.05) is 13.2 Å². The molecule has 5 nitrogen and oxygen atoms in total. The highest BCUT2D eigenvalue weighted by atomic mass is 79.9. The number of carbonyl (C=O) groups excluding carboxylic acids is 1. The molecule has 0 saturated carbocycles. The molecule has 1 atom stereocenters. The molecule has 0 spiro atoms. The molecule has 8 heteroatoms. The van der Waals surface area contributed by atoms with Crippen LogP contribution in [0.2, 0.25) is 0 Å². The average molecular weight is 384 g/mol. The van der Waals surface area contributed by atoms with Gasteiger partial charge in [0.2, 0.25) is 0 Å². The summed E-state index contributed by atoms with van der Waals surface area (Å²) in [6.45, 7) is 2.43. The van der Waals surface area contributed by atoms with Crippen molar-refractivity contribution in [1.29, 1.82) is 0 Å². The molecule has 1 aromatic rings. The van der Waals surface area contributed by atoms with Gasteiger partial charge in [0, 0.05) is 21.6 Å². The van der Waals surface area contributed by atoms with Crippen LogP contribution in [0.4, 0.5) is 0 Å². The van der Waals surface area contributed by atoms with E-state index < -0.39 is 15.0 Å². The third-order valence-electron chi connectivity index (χ3n) is 2.97. The van der Waals surface area contributed by atoms with E-state index in [1.165, 1.54) is 19.1 Å². The molecule has 0 amide bonds. The van der Waals surface area contributed by atoms with E-state index in [0.717, 1.165) is 0 Å². The van der Waals surface area contributed by atoms with Crippen LogP contribution in [-0.4, -0.2) is 33.7 Å². The molecule has 0 bridgehead atoms. The van der Waals surface area contributed by atoms with Gasteiger partial charge in [-0.3, -0.25) is 0 Å². The van der Waals surface area contributed by atoms with Crippen molar-refractivity contribution in [2.24, 2.45) is 0 Å². The van der Waals surface area contributed by atoms with Gasteiger partial charge < -0.3 is 9.47 Å². The summed E-state index contributed by atoms with van der Waals surface area (Å²) in [6, 6.07) is 2.87. The number of halogens is 2. The summed E-state index contributed by atoms with van der Waals surface area (Å²) < 4.78 is 33.8. The number of carbonyl (C=O) groups is 1. The fourth-order valence-electron chi connectivity index (χ4n) is 1.94. The molecule has 20 heavy (non-hydrogen) atoms. The minimum absolute atomic E-state index is 0.108. The predicted octanol–water partition coefficient (Wildman–Crippen LogP) is 2.63. The van der Waals surface area contributed by atoms with Crippen molar-refractivity contribution < 1.29 is 22.7 Å². The highest BCUT2D eigenvalue weighted by Gasteiger charge is 2.25. The second-order valence-electron chi connectivity index (χ2n) is 4.41. The Kier molecular flexibility index (Phi) is 4.73. The van der Waals surface area contributed by atoms with Gasteiger partial charge in [-0.15, -0.1) is 0 Å². The van der Waals surface area contributed by atoms with E-state index in [9.17, 15) is 13.2 Å². The van der Waals surface area contributed by atoms with E-state index in [2.05, 4.69) is 15.9 Å². The molecular formula is C12H12BrClO5S. The normalized spacial score (nSPS) is 19.1. The molecule has 110 valence electrons. The Bertz CT molecular complexity index is 637. The minimum atomic E-state index is -3.93. The van der Waals surface area contributed by atoms with Gasteiger partial charge in [0.1, 0.15) is 6.10 Å². The highest BCUT2D eigenvalue weighted by Crippen LogP contribution is 2.28. The van der Waals surface area contributed by atoms with Crippen LogP contribution >= 0.6 is 26.6 Å². The Morgan fingerprint density at radius 2 is 2.20 bits per heavy atom. The third-order valence-corrected chi connectivity index (χ3v) is 4.87. The van der Waals surface area contributed by atoms with Crippen LogP contribution in [0.25, 0.3) is 0 Å². The second kappa shape index (κ2) is 6.01. The molecule has 1 aliphatic heterocycles. The van der Waals surface area contributed by atoms with E-state index >= 15 is 0 Å². The first kappa shape index (κ1) is 15.8. The molecule has 1 saturated heterocycles. The van der Waals surface area contributed by atoms with Crippen molar-refractivity contribution in [3.8, 4) is 0 Å². The number of ether oxygens (including phenoxy) is 2. The van der Waals surface area contributed by atoms with Gasteiger partial charge in [-0.05, 0) is 24.6 Å². The minimum Gasteiger partial charge on any atom is -0.456 e. The fraction of sp³-hybridized carbons (Fsp3) is 0.417. The molecule has 0 radical (unpaired) electrons. The summed E-state index contributed by atoms with van der Waals surface area (Å²) in [5.74, 6) is -0.583. The van der Waals surface area contributed by atoms with E-state index in [1.807, 2.05) is 0 Å². The summed E-state index contributed by atoms with van der Waals surface area (Å²) >= 11 is 3.17. The van der Waals surface area contributed by atoms with Gasteiger partial charge in [0.05, 0.1) is 23.7 Å². The molecule has 2 rings (SSSR count). The summed E-state index contributed by atoms with van der Waals surface area (Å²) in [6.07, 6.45) is 0.344. The van der Waals surface area contributed by atoms with Crippen molar-refractivity contribution >= 4 is 41.6 Å². The number of hydrogen-bond donors (Lipinski definition) is 0. The topological polar surface area (TPSA) is 69.7 Å². The van der Waals surface area contributed by atoms with Crippen LogP contribution < -0.4 is 0 Å². The lowest BCUT2D eigenvalue weighted by Crippen LogP contribution is -2.19. The Labute approximate surface area is 129 Å². The van der Waals surface area contributed by atoms with E-state index in [0.29, 0.717) is 24.1 Å². The van der Waals surface area contributed by atoms with Crippen molar-refractivity contribution in [3.05, 3.63) is 27.7 Å². The van der Waals surface area contributed by atoms with Crippen LogP contribution in [0.1, 0.15) is 22.3 Å². The van der Waals surface area contributed by atoms with Crippen molar-refractivity contribution in [2.45, 2.75) is 24.3 Å². The molecule has 0 aromatic heterocycles. The first-order valence-corrected chi connectivity index (χ1v) is 8.93. The molecule has 0 N–H and O–H groups in total. The number of esters is 1. The SMILES string of the molecule is Cc1c(C(=O)OC2CCOC2)cc(Br)cc1S(=O)(=O)Cl. The Hall–Kier alpha value is -0.630. The zero-order chi connectivity index (χ0) is 14.9. The molecule has 1 heterocycles.